The molecule has 1 atom stereocenters. The molecule has 1 aliphatic heterocycles. The zero-order chi connectivity index (χ0) is 15.1. The minimum absolute atomic E-state index is 0.0351. The van der Waals surface area contributed by atoms with Crippen LogP contribution in [0.25, 0.3) is 0 Å². The summed E-state index contributed by atoms with van der Waals surface area (Å²) in [7, 11) is 0. The number of aliphatic hydroxyl groups excluding tert-OH is 1. The monoisotopic (exact) mass is 291 g/mol. The lowest BCUT2D eigenvalue weighted by atomic mass is 10.1. The van der Waals surface area contributed by atoms with Crippen molar-refractivity contribution >= 4 is 5.91 Å². The van der Waals surface area contributed by atoms with E-state index in [-0.39, 0.29) is 18.3 Å². The smallest absolute Gasteiger partial charge is 0.254 e. The van der Waals surface area contributed by atoms with Gasteiger partial charge in [0.15, 0.2) is 0 Å². The number of carbonyl (C=O) groups is 1. The van der Waals surface area contributed by atoms with Gasteiger partial charge >= 0.3 is 0 Å². The van der Waals surface area contributed by atoms with Gasteiger partial charge in [-0.05, 0) is 37.5 Å². The predicted octanol–water partition coefficient (Wildman–Crippen LogP) is 1.47. The molecular weight excluding hydrogens is 273 g/mol. The van der Waals surface area contributed by atoms with Gasteiger partial charge in [-0.15, -0.1) is 0 Å². The molecule has 0 aliphatic carbocycles. The normalized spacial score (nSPS) is 17.1. The average Bonchev–Trinajstić information content (AvgIpc) is 2.99. The topological polar surface area (TPSA) is 58.6 Å². The summed E-state index contributed by atoms with van der Waals surface area (Å²) < 4.78 is 19.1. The summed E-state index contributed by atoms with van der Waals surface area (Å²) in [5, 5.41) is 11.3. The molecular formula is C16H18FNO3. The first-order valence-corrected chi connectivity index (χ1v) is 7.00. The fraction of sp³-hybridized carbons (Fsp3) is 0.438. The molecule has 0 spiro atoms. The minimum Gasteiger partial charge on any atom is -0.384 e. The van der Waals surface area contributed by atoms with Crippen LogP contribution in [-0.4, -0.2) is 36.9 Å². The van der Waals surface area contributed by atoms with Crippen molar-refractivity contribution in [1.82, 2.24) is 5.32 Å². The van der Waals surface area contributed by atoms with Crippen molar-refractivity contribution in [1.29, 1.82) is 0 Å². The maximum atomic E-state index is 13.7. The lowest BCUT2D eigenvalue weighted by molar-refractivity contribution is 0.0904. The molecule has 1 fully saturated rings. The van der Waals surface area contributed by atoms with E-state index in [1.165, 1.54) is 18.2 Å². The van der Waals surface area contributed by atoms with Gasteiger partial charge < -0.3 is 15.2 Å². The van der Waals surface area contributed by atoms with Crippen LogP contribution in [0.2, 0.25) is 0 Å². The lowest BCUT2D eigenvalue weighted by Crippen LogP contribution is -2.27. The molecule has 1 saturated heterocycles. The molecule has 0 saturated carbocycles. The Morgan fingerprint density at radius 3 is 3.10 bits per heavy atom. The number of benzene rings is 1. The van der Waals surface area contributed by atoms with Crippen molar-refractivity contribution in [2.75, 3.05) is 19.8 Å². The Morgan fingerprint density at radius 1 is 1.52 bits per heavy atom. The number of amides is 1. The molecule has 2 rings (SSSR count). The summed E-state index contributed by atoms with van der Waals surface area (Å²) in [5.74, 6) is 4.07. The van der Waals surface area contributed by atoms with Crippen molar-refractivity contribution in [3.05, 3.63) is 35.1 Å². The van der Waals surface area contributed by atoms with E-state index in [0.29, 0.717) is 12.1 Å². The van der Waals surface area contributed by atoms with E-state index < -0.39 is 11.7 Å². The molecule has 1 aromatic rings. The molecule has 21 heavy (non-hydrogen) atoms. The van der Waals surface area contributed by atoms with E-state index in [9.17, 15) is 9.18 Å². The Labute approximate surface area is 123 Å². The van der Waals surface area contributed by atoms with Crippen molar-refractivity contribution in [3.8, 4) is 11.8 Å². The second-order valence-corrected chi connectivity index (χ2v) is 4.83. The Hall–Kier alpha value is -1.90. The lowest BCUT2D eigenvalue weighted by Gasteiger charge is -2.10. The number of halogens is 1. The Balaban J connectivity index is 1.94. The Bertz CT molecular complexity index is 556. The van der Waals surface area contributed by atoms with Crippen molar-refractivity contribution in [2.45, 2.75) is 25.4 Å². The highest BCUT2D eigenvalue weighted by molar-refractivity contribution is 5.94. The molecule has 0 bridgehead atoms. The molecule has 5 heteroatoms. The van der Waals surface area contributed by atoms with Gasteiger partial charge in [-0.1, -0.05) is 11.8 Å². The van der Waals surface area contributed by atoms with Crippen LogP contribution >= 0.6 is 0 Å². The van der Waals surface area contributed by atoms with E-state index in [4.69, 9.17) is 9.84 Å². The Kier molecular flexibility index (Phi) is 5.73. The molecule has 4 nitrogen and oxygen atoms in total. The van der Waals surface area contributed by atoms with Crippen LogP contribution in [0.5, 0.6) is 0 Å². The Morgan fingerprint density at radius 2 is 2.38 bits per heavy atom. The number of nitrogens with one attached hydrogen (secondary N) is 1. The van der Waals surface area contributed by atoms with Crippen LogP contribution in [-0.2, 0) is 4.74 Å². The average molecular weight is 291 g/mol. The number of hydrogen-bond donors (Lipinski definition) is 2. The first-order valence-electron chi connectivity index (χ1n) is 7.00. The molecule has 1 amide bonds. The molecule has 1 unspecified atom stereocenters. The second kappa shape index (κ2) is 7.77. The largest absolute Gasteiger partial charge is 0.384 e. The maximum absolute atomic E-state index is 13.7. The molecule has 0 aromatic heterocycles. The van der Waals surface area contributed by atoms with Crippen molar-refractivity contribution < 1.29 is 19.0 Å². The summed E-state index contributed by atoms with van der Waals surface area (Å²) in [6.07, 6.45) is 2.99. The SMILES string of the molecule is O=C(NCCC1CCCO1)c1cc(C#CCO)ccc1F. The highest BCUT2D eigenvalue weighted by Crippen LogP contribution is 2.15. The first-order chi connectivity index (χ1) is 10.2. The highest BCUT2D eigenvalue weighted by atomic mass is 19.1. The van der Waals surface area contributed by atoms with Gasteiger partial charge in [0.2, 0.25) is 0 Å². The van der Waals surface area contributed by atoms with E-state index in [2.05, 4.69) is 17.2 Å². The third kappa shape index (κ3) is 4.55. The van der Waals surface area contributed by atoms with Gasteiger partial charge in [0.05, 0.1) is 11.7 Å². The second-order valence-electron chi connectivity index (χ2n) is 4.83. The number of rotatable bonds is 4. The number of hydrogen-bond acceptors (Lipinski definition) is 3. The molecule has 0 radical (unpaired) electrons. The number of ether oxygens (including phenoxy) is 1. The number of carbonyl (C=O) groups excluding carboxylic acids is 1. The van der Waals surface area contributed by atoms with Crippen LogP contribution in [0.3, 0.4) is 0 Å². The van der Waals surface area contributed by atoms with Gasteiger partial charge in [-0.3, -0.25) is 4.79 Å². The van der Waals surface area contributed by atoms with Crippen LogP contribution < -0.4 is 5.32 Å². The van der Waals surface area contributed by atoms with Gasteiger partial charge in [0, 0.05) is 18.7 Å². The third-order valence-corrected chi connectivity index (χ3v) is 3.30. The number of aliphatic hydroxyl groups is 1. The molecule has 2 N–H and O–H groups in total. The summed E-state index contributed by atoms with van der Waals surface area (Å²) in [6, 6.07) is 4.07. The summed E-state index contributed by atoms with van der Waals surface area (Å²) in [6.45, 7) is 0.953. The minimum atomic E-state index is -0.584. The van der Waals surface area contributed by atoms with Crippen LogP contribution in [0.15, 0.2) is 18.2 Å². The highest BCUT2D eigenvalue weighted by Gasteiger charge is 2.16. The fourth-order valence-electron chi connectivity index (χ4n) is 2.23. The first kappa shape index (κ1) is 15.5. The van der Waals surface area contributed by atoms with Gasteiger partial charge in [0.25, 0.3) is 5.91 Å². The van der Waals surface area contributed by atoms with E-state index in [1.807, 2.05) is 0 Å². The van der Waals surface area contributed by atoms with Crippen LogP contribution in [0, 0.1) is 17.7 Å². The fourth-order valence-corrected chi connectivity index (χ4v) is 2.23. The van der Waals surface area contributed by atoms with E-state index >= 15 is 0 Å². The maximum Gasteiger partial charge on any atom is 0.254 e. The summed E-state index contributed by atoms with van der Waals surface area (Å²) in [5.41, 5.74) is 0.460. The van der Waals surface area contributed by atoms with Crippen LogP contribution in [0.4, 0.5) is 4.39 Å². The summed E-state index contributed by atoms with van der Waals surface area (Å²) >= 11 is 0. The molecule has 1 aliphatic rings. The van der Waals surface area contributed by atoms with Crippen LogP contribution in [0.1, 0.15) is 35.2 Å². The third-order valence-electron chi connectivity index (χ3n) is 3.30. The standard InChI is InChI=1S/C16H18FNO3/c17-15-6-5-12(3-1-9-19)11-14(15)16(20)18-8-7-13-4-2-10-21-13/h5-6,11,13,19H,2,4,7-10H2,(H,18,20). The predicted molar refractivity (Wildman–Crippen MR) is 76.3 cm³/mol. The zero-order valence-corrected chi connectivity index (χ0v) is 11.7. The van der Waals surface area contributed by atoms with Crippen molar-refractivity contribution in [3.63, 3.8) is 0 Å². The molecule has 1 heterocycles. The van der Waals surface area contributed by atoms with Crippen molar-refractivity contribution in [2.24, 2.45) is 0 Å². The van der Waals surface area contributed by atoms with E-state index in [0.717, 1.165) is 25.9 Å². The summed E-state index contributed by atoms with van der Waals surface area (Å²) in [4.78, 5) is 12.0. The van der Waals surface area contributed by atoms with Gasteiger partial charge in [-0.25, -0.2) is 4.39 Å². The van der Waals surface area contributed by atoms with E-state index in [1.54, 1.807) is 0 Å². The molecule has 112 valence electrons. The van der Waals surface area contributed by atoms with Gasteiger partial charge in [-0.2, -0.15) is 0 Å². The quantitative estimate of drug-likeness (QED) is 0.826. The zero-order valence-electron chi connectivity index (χ0n) is 11.7. The van der Waals surface area contributed by atoms with Gasteiger partial charge in [0.1, 0.15) is 12.4 Å². The molecule has 1 aromatic carbocycles.